The van der Waals surface area contributed by atoms with E-state index >= 15 is 0 Å². The Morgan fingerprint density at radius 1 is 1.16 bits per heavy atom. The number of nitrogens with zero attached hydrogens (tertiary/aromatic N) is 4. The lowest BCUT2D eigenvalue weighted by Crippen LogP contribution is -2.20. The van der Waals surface area contributed by atoms with Gasteiger partial charge in [-0.25, -0.2) is 0 Å². The van der Waals surface area contributed by atoms with Crippen LogP contribution in [0.5, 0.6) is 0 Å². The average molecular weight is 347 g/mol. The molecule has 0 atom stereocenters. The molecular formula is C14H13N5O6. The van der Waals surface area contributed by atoms with Gasteiger partial charge in [0.15, 0.2) is 5.78 Å². The molecule has 0 saturated heterocycles. The molecule has 1 heterocycles. The molecule has 130 valence electrons. The molecule has 0 aliphatic heterocycles. The van der Waals surface area contributed by atoms with E-state index in [0.717, 1.165) is 4.68 Å². The SMILES string of the molecule is CC(=O)c1ccc(NC(=O)Cn2nc([N+](=O)[O-])c([N+](=O)[O-])c2C)cc1. The predicted molar refractivity (Wildman–Crippen MR) is 85.3 cm³/mol. The fraction of sp³-hybridized carbons (Fsp3) is 0.214. The zero-order valence-electron chi connectivity index (χ0n) is 13.3. The van der Waals surface area contributed by atoms with Crippen LogP contribution in [0.4, 0.5) is 17.2 Å². The monoisotopic (exact) mass is 347 g/mol. The summed E-state index contributed by atoms with van der Waals surface area (Å²) in [4.78, 5) is 43.1. The Hall–Kier alpha value is -3.63. The average Bonchev–Trinajstić information content (AvgIpc) is 2.85. The van der Waals surface area contributed by atoms with E-state index in [1.54, 1.807) is 0 Å². The summed E-state index contributed by atoms with van der Waals surface area (Å²) in [6.45, 7) is 2.25. The smallest absolute Gasteiger partial charge is 0.358 e. The number of carbonyl (C=O) groups is 2. The third-order valence-corrected chi connectivity index (χ3v) is 3.38. The van der Waals surface area contributed by atoms with E-state index in [2.05, 4.69) is 10.4 Å². The van der Waals surface area contributed by atoms with Gasteiger partial charge in [0.05, 0.1) is 10.0 Å². The molecule has 0 spiro atoms. The summed E-state index contributed by atoms with van der Waals surface area (Å²) in [7, 11) is 0. The molecule has 25 heavy (non-hydrogen) atoms. The van der Waals surface area contributed by atoms with Crippen LogP contribution in [0.3, 0.4) is 0 Å². The van der Waals surface area contributed by atoms with Crippen LogP contribution < -0.4 is 5.32 Å². The van der Waals surface area contributed by atoms with Gasteiger partial charge in [0.1, 0.15) is 12.2 Å². The van der Waals surface area contributed by atoms with E-state index in [-0.39, 0.29) is 11.5 Å². The Morgan fingerprint density at radius 3 is 2.20 bits per heavy atom. The van der Waals surface area contributed by atoms with Crippen LogP contribution in [0, 0.1) is 27.2 Å². The van der Waals surface area contributed by atoms with Gasteiger partial charge in [-0.2, -0.15) is 4.68 Å². The van der Waals surface area contributed by atoms with Crippen LogP contribution in [0.15, 0.2) is 24.3 Å². The Morgan fingerprint density at radius 2 is 1.76 bits per heavy atom. The minimum atomic E-state index is -0.972. The first-order valence-corrected chi connectivity index (χ1v) is 6.97. The van der Waals surface area contributed by atoms with Gasteiger partial charge in [-0.1, -0.05) is 0 Å². The number of ketones is 1. The van der Waals surface area contributed by atoms with Crippen molar-refractivity contribution >= 4 is 28.9 Å². The molecule has 11 nitrogen and oxygen atoms in total. The van der Waals surface area contributed by atoms with Gasteiger partial charge in [0.2, 0.25) is 5.91 Å². The van der Waals surface area contributed by atoms with E-state index < -0.39 is 33.8 Å². The number of nitro groups is 2. The summed E-state index contributed by atoms with van der Waals surface area (Å²) in [6, 6.07) is 6.12. The molecular weight excluding hydrogens is 334 g/mol. The topological polar surface area (TPSA) is 150 Å². The van der Waals surface area contributed by atoms with Crippen molar-refractivity contribution in [1.82, 2.24) is 9.78 Å². The van der Waals surface area contributed by atoms with Crippen LogP contribution >= 0.6 is 0 Å². The number of nitrogens with one attached hydrogen (secondary N) is 1. The summed E-state index contributed by atoms with van der Waals surface area (Å²) in [5, 5.41) is 27.8. The molecule has 0 bridgehead atoms. The summed E-state index contributed by atoms with van der Waals surface area (Å²) in [5.74, 6) is -1.61. The number of benzene rings is 1. The van der Waals surface area contributed by atoms with Gasteiger partial charge in [-0.15, -0.1) is 0 Å². The van der Waals surface area contributed by atoms with Crippen LogP contribution in [-0.2, 0) is 11.3 Å². The first kappa shape index (κ1) is 17.7. The number of Topliss-reactive ketones (excluding diaryl/α,β-unsaturated/α-hetero) is 1. The number of aromatic nitrogens is 2. The highest BCUT2D eigenvalue weighted by atomic mass is 16.6. The molecule has 0 radical (unpaired) electrons. The van der Waals surface area contributed by atoms with Gasteiger partial charge >= 0.3 is 11.5 Å². The van der Waals surface area contributed by atoms with E-state index in [9.17, 15) is 29.8 Å². The molecule has 0 unspecified atom stereocenters. The summed E-state index contributed by atoms with van der Waals surface area (Å²) < 4.78 is 0.898. The lowest BCUT2D eigenvalue weighted by Gasteiger charge is -2.05. The largest absolute Gasteiger partial charge is 0.468 e. The highest BCUT2D eigenvalue weighted by Crippen LogP contribution is 2.29. The molecule has 0 aliphatic rings. The fourth-order valence-electron chi connectivity index (χ4n) is 2.14. The van der Waals surface area contributed by atoms with Gasteiger partial charge in [0, 0.05) is 11.3 Å². The standard InChI is InChI=1S/C14H13N5O6/c1-8-13(18(22)23)14(19(24)25)16-17(8)7-12(21)15-11-5-3-10(4-6-11)9(2)20/h3-6H,7H2,1-2H3,(H,15,21). The van der Waals surface area contributed by atoms with Crippen molar-refractivity contribution in [2.24, 2.45) is 0 Å². The maximum Gasteiger partial charge on any atom is 0.468 e. The van der Waals surface area contributed by atoms with Crippen LogP contribution in [-0.4, -0.2) is 31.3 Å². The third-order valence-electron chi connectivity index (χ3n) is 3.38. The fourth-order valence-corrected chi connectivity index (χ4v) is 2.14. The van der Waals surface area contributed by atoms with Gasteiger partial charge in [-0.05, 0) is 43.0 Å². The van der Waals surface area contributed by atoms with Crippen molar-refractivity contribution in [2.45, 2.75) is 20.4 Å². The van der Waals surface area contributed by atoms with Gasteiger partial charge in [-0.3, -0.25) is 19.7 Å². The number of rotatable bonds is 6. The number of hydrogen-bond acceptors (Lipinski definition) is 7. The molecule has 1 amide bonds. The maximum absolute atomic E-state index is 12.0. The van der Waals surface area contributed by atoms with Crippen LogP contribution in [0.1, 0.15) is 23.0 Å². The summed E-state index contributed by atoms with van der Waals surface area (Å²) >= 11 is 0. The lowest BCUT2D eigenvalue weighted by molar-refractivity contribution is -0.424. The Balaban J connectivity index is 2.18. The number of carbonyl (C=O) groups excluding carboxylic acids is 2. The van der Waals surface area contributed by atoms with Crippen molar-refractivity contribution in [2.75, 3.05) is 5.32 Å². The summed E-state index contributed by atoms with van der Waals surface area (Å²) in [6.07, 6.45) is 0. The van der Waals surface area contributed by atoms with Crippen LogP contribution in [0.25, 0.3) is 0 Å². The lowest BCUT2D eigenvalue weighted by atomic mass is 10.1. The second kappa shape index (κ2) is 6.86. The molecule has 0 aliphatic carbocycles. The molecule has 1 aromatic heterocycles. The first-order valence-electron chi connectivity index (χ1n) is 6.97. The van der Waals surface area contributed by atoms with Crippen molar-refractivity contribution in [3.05, 3.63) is 55.8 Å². The molecule has 2 rings (SSSR count). The second-order valence-electron chi connectivity index (χ2n) is 5.11. The van der Waals surface area contributed by atoms with Gasteiger partial charge < -0.3 is 15.4 Å². The maximum atomic E-state index is 12.0. The van der Waals surface area contributed by atoms with Crippen molar-refractivity contribution in [3.8, 4) is 0 Å². The zero-order valence-corrected chi connectivity index (χ0v) is 13.3. The molecule has 0 fully saturated rings. The quantitative estimate of drug-likeness (QED) is 0.475. The van der Waals surface area contributed by atoms with Crippen LogP contribution in [0.2, 0.25) is 0 Å². The Kier molecular flexibility index (Phi) is 4.86. The molecule has 11 heteroatoms. The summed E-state index contributed by atoms with van der Waals surface area (Å²) in [5.41, 5.74) is 0.0402. The minimum Gasteiger partial charge on any atom is -0.358 e. The highest BCUT2D eigenvalue weighted by Gasteiger charge is 2.35. The highest BCUT2D eigenvalue weighted by molar-refractivity contribution is 5.95. The predicted octanol–water partition coefficient (Wildman–Crippen LogP) is 1.85. The van der Waals surface area contributed by atoms with E-state index in [1.165, 1.54) is 38.1 Å². The zero-order chi connectivity index (χ0) is 18.7. The van der Waals surface area contributed by atoms with Crippen molar-refractivity contribution in [3.63, 3.8) is 0 Å². The molecule has 2 aromatic rings. The van der Waals surface area contributed by atoms with Crippen molar-refractivity contribution in [1.29, 1.82) is 0 Å². The molecule has 1 N–H and O–H groups in total. The molecule has 0 saturated carbocycles. The minimum absolute atomic E-state index is 0.0984. The number of amides is 1. The van der Waals surface area contributed by atoms with E-state index in [4.69, 9.17) is 0 Å². The van der Waals surface area contributed by atoms with Gasteiger partial charge in [0.25, 0.3) is 0 Å². The number of anilines is 1. The molecule has 1 aromatic carbocycles. The third kappa shape index (κ3) is 3.83. The number of hydrogen-bond donors (Lipinski definition) is 1. The second-order valence-corrected chi connectivity index (χ2v) is 5.11. The normalized spacial score (nSPS) is 10.3. The Bertz CT molecular complexity index is 871. The van der Waals surface area contributed by atoms with E-state index in [1.807, 2.05) is 0 Å². The van der Waals surface area contributed by atoms with E-state index in [0.29, 0.717) is 11.3 Å². The Labute approximate surface area is 140 Å². The van der Waals surface area contributed by atoms with Crippen molar-refractivity contribution < 1.29 is 19.4 Å². The first-order chi connectivity index (χ1) is 11.7.